The molecule has 0 radical (unpaired) electrons. The van der Waals surface area contributed by atoms with E-state index in [4.69, 9.17) is 29.1 Å². The fourth-order valence-electron chi connectivity index (χ4n) is 5.06. The van der Waals surface area contributed by atoms with Crippen LogP contribution in [0.25, 0.3) is 11.0 Å². The van der Waals surface area contributed by atoms with Gasteiger partial charge in [-0.25, -0.2) is 9.59 Å². The van der Waals surface area contributed by atoms with Crippen molar-refractivity contribution in [3.8, 4) is 17.2 Å². The molecule has 0 aliphatic carbocycles. The number of phenolic OH excluding ortho intramolecular Hbond substituents is 1. The van der Waals surface area contributed by atoms with Gasteiger partial charge >= 0.3 is 11.7 Å². The van der Waals surface area contributed by atoms with Crippen molar-refractivity contribution in [1.29, 1.82) is 0 Å². The minimum Gasteiger partial charge on any atom is -0.508 e. The summed E-state index contributed by atoms with van der Waals surface area (Å²) in [5.74, 6) is -1.09. The lowest BCUT2D eigenvalue weighted by Crippen LogP contribution is -2.65. The number of carbonyl (C=O) groups is 2. The van der Waals surface area contributed by atoms with Crippen molar-refractivity contribution in [2.24, 2.45) is 5.73 Å². The van der Waals surface area contributed by atoms with Crippen molar-refractivity contribution in [3.63, 3.8) is 0 Å². The van der Waals surface area contributed by atoms with Gasteiger partial charge in [-0.2, -0.15) is 0 Å². The zero-order valence-electron chi connectivity index (χ0n) is 25.2. The number of primary amides is 1. The maximum absolute atomic E-state index is 13.0. The molecule has 1 fully saturated rings. The number of methoxy groups -OCH3 is 1. The Morgan fingerprint density at radius 3 is 2.50 bits per heavy atom. The van der Waals surface area contributed by atoms with Crippen LogP contribution in [-0.2, 0) is 20.6 Å². The molecule has 2 unspecified atom stereocenters. The normalized spacial score (nSPS) is 21.0. The number of aliphatic hydroxyl groups excluding tert-OH is 1. The topological polar surface area (TPSA) is 200 Å². The van der Waals surface area contributed by atoms with Crippen LogP contribution in [-0.4, -0.2) is 64.6 Å². The predicted molar refractivity (Wildman–Crippen MR) is 159 cm³/mol. The lowest BCUT2D eigenvalue weighted by molar-refractivity contribution is -0.304. The molecule has 3 aromatic rings. The highest BCUT2D eigenvalue weighted by Crippen LogP contribution is 2.38. The van der Waals surface area contributed by atoms with E-state index in [0.717, 1.165) is 5.57 Å². The minimum absolute atomic E-state index is 0.0183. The molecule has 44 heavy (non-hydrogen) atoms. The number of nitrogens with two attached hydrogens (primary N) is 1. The van der Waals surface area contributed by atoms with Gasteiger partial charge in [0.15, 0.2) is 23.6 Å². The van der Waals surface area contributed by atoms with E-state index < -0.39 is 59.3 Å². The molecule has 13 nitrogen and oxygen atoms in total. The first-order valence-electron chi connectivity index (χ1n) is 13.7. The lowest BCUT2D eigenvalue weighted by Gasteiger charge is -2.47. The second-order valence-electron chi connectivity index (χ2n) is 11.2. The second kappa shape index (κ2) is 12.6. The number of phenols is 1. The van der Waals surface area contributed by atoms with E-state index in [0.29, 0.717) is 12.0 Å². The number of carbonyl (C=O) groups excluding carboxylic acids is 2. The summed E-state index contributed by atoms with van der Waals surface area (Å²) in [7, 11) is 1.37. The summed E-state index contributed by atoms with van der Waals surface area (Å²) in [6, 6.07) is 7.12. The number of allylic oxidation sites excluding steroid dienone is 2. The summed E-state index contributed by atoms with van der Waals surface area (Å²) in [6.45, 7) is 8.69. The van der Waals surface area contributed by atoms with Gasteiger partial charge in [-0.15, -0.1) is 0 Å². The molecule has 0 saturated carbocycles. The van der Waals surface area contributed by atoms with E-state index in [-0.39, 0.29) is 33.6 Å². The van der Waals surface area contributed by atoms with Crippen LogP contribution in [0, 0.1) is 6.92 Å². The summed E-state index contributed by atoms with van der Waals surface area (Å²) in [5.41, 5.74) is 4.54. The fourth-order valence-corrected chi connectivity index (χ4v) is 5.06. The number of benzene rings is 2. The third-order valence-electron chi connectivity index (χ3n) is 7.33. The summed E-state index contributed by atoms with van der Waals surface area (Å²) in [6.07, 6.45) is -3.81. The fraction of sp³-hybridized carbons (Fsp3) is 0.387. The molecule has 2 heterocycles. The number of fused-ring (bicyclic) bond motifs is 1. The first-order valence-corrected chi connectivity index (χ1v) is 13.7. The standard InChI is InChI=1S/C31H36N2O11/c1-14(2)7-8-16-13-17(9-11-19(16)34)27(37)33-21-22(35)18-10-12-20(15(3)24(18)42-28(21)38)41-29-23(36)25(43-30(32)39)26(40-6)31(4,5)44-29/h7,9-13,23,25-26,29,34-36H,8H2,1-6H3,(H2,32,39)(H,33,37)/t23-,25?,26?,29+/m0/s1. The van der Waals surface area contributed by atoms with E-state index in [9.17, 15) is 29.7 Å². The zero-order valence-corrected chi connectivity index (χ0v) is 25.2. The molecule has 1 aliphatic rings. The quantitative estimate of drug-likeness (QED) is 0.184. The highest BCUT2D eigenvalue weighted by atomic mass is 16.7. The van der Waals surface area contributed by atoms with Gasteiger partial charge in [0.2, 0.25) is 6.29 Å². The van der Waals surface area contributed by atoms with Crippen LogP contribution < -0.4 is 21.4 Å². The number of nitrogens with one attached hydrogen (secondary N) is 1. The Bertz CT molecular complexity index is 1670. The summed E-state index contributed by atoms with van der Waals surface area (Å²) >= 11 is 0. The first-order chi connectivity index (χ1) is 20.6. The monoisotopic (exact) mass is 612 g/mol. The molecule has 2 aromatic carbocycles. The lowest BCUT2D eigenvalue weighted by atomic mass is 9.89. The van der Waals surface area contributed by atoms with Gasteiger partial charge in [0.1, 0.15) is 23.2 Å². The average molecular weight is 613 g/mol. The van der Waals surface area contributed by atoms with Crippen LogP contribution in [0.2, 0.25) is 0 Å². The Labute approximate surface area is 252 Å². The third kappa shape index (κ3) is 6.49. The summed E-state index contributed by atoms with van der Waals surface area (Å²) in [5, 5.41) is 34.6. The molecular formula is C31H36N2O11. The Morgan fingerprint density at radius 1 is 1.16 bits per heavy atom. The molecule has 236 valence electrons. The molecule has 4 atom stereocenters. The molecule has 0 bridgehead atoms. The van der Waals surface area contributed by atoms with E-state index in [1.807, 2.05) is 19.9 Å². The molecular weight excluding hydrogens is 576 g/mol. The molecule has 2 amide bonds. The maximum Gasteiger partial charge on any atom is 0.404 e. The van der Waals surface area contributed by atoms with Gasteiger partial charge in [0.25, 0.3) is 5.91 Å². The van der Waals surface area contributed by atoms with E-state index in [1.54, 1.807) is 20.8 Å². The van der Waals surface area contributed by atoms with Crippen LogP contribution in [0.3, 0.4) is 0 Å². The van der Waals surface area contributed by atoms with Gasteiger partial charge in [0, 0.05) is 18.2 Å². The van der Waals surface area contributed by atoms with Gasteiger partial charge in [-0.05, 0) is 76.9 Å². The van der Waals surface area contributed by atoms with Crippen molar-refractivity contribution in [1.82, 2.24) is 0 Å². The maximum atomic E-state index is 13.0. The molecule has 13 heteroatoms. The van der Waals surface area contributed by atoms with Crippen molar-refractivity contribution < 1.29 is 48.3 Å². The molecule has 1 aliphatic heterocycles. The molecule has 1 saturated heterocycles. The van der Waals surface area contributed by atoms with Gasteiger partial charge in [-0.3, -0.25) is 4.79 Å². The van der Waals surface area contributed by atoms with Crippen LogP contribution in [0.15, 0.2) is 51.2 Å². The number of aromatic hydroxyl groups is 2. The van der Waals surface area contributed by atoms with Gasteiger partial charge in [0.05, 0.1) is 11.0 Å². The Hall–Kier alpha value is -4.59. The SMILES string of the molecule is COC1C(OC(N)=O)[C@H](O)[C@H](Oc2ccc3c(O)c(NC(=O)c4ccc(O)c(CC=C(C)C)c4)c(=O)oc3c2C)OC1(C)C. The summed E-state index contributed by atoms with van der Waals surface area (Å²) < 4.78 is 27.9. The first kappa shape index (κ1) is 32.3. The van der Waals surface area contributed by atoms with Crippen molar-refractivity contribution in [2.45, 2.75) is 71.2 Å². The Kier molecular flexibility index (Phi) is 9.23. The van der Waals surface area contributed by atoms with Crippen molar-refractivity contribution >= 4 is 28.7 Å². The number of ether oxygens (including phenoxy) is 4. The number of amides is 2. The zero-order chi connectivity index (χ0) is 32.5. The van der Waals surface area contributed by atoms with Crippen LogP contribution in [0.5, 0.6) is 17.2 Å². The number of hydrogen-bond donors (Lipinski definition) is 5. The Balaban J connectivity index is 1.63. The van der Waals surface area contributed by atoms with E-state index in [2.05, 4.69) is 5.32 Å². The summed E-state index contributed by atoms with van der Waals surface area (Å²) in [4.78, 5) is 37.5. The number of rotatable bonds is 8. The number of hydrogen-bond acceptors (Lipinski definition) is 11. The van der Waals surface area contributed by atoms with Gasteiger partial charge < -0.3 is 49.7 Å². The number of aliphatic hydroxyl groups is 1. The second-order valence-corrected chi connectivity index (χ2v) is 11.2. The van der Waals surface area contributed by atoms with Crippen molar-refractivity contribution in [2.75, 3.05) is 12.4 Å². The number of anilines is 1. The third-order valence-corrected chi connectivity index (χ3v) is 7.33. The number of aryl methyl sites for hydroxylation is 1. The van der Waals surface area contributed by atoms with Crippen LogP contribution >= 0.6 is 0 Å². The predicted octanol–water partition coefficient (Wildman–Crippen LogP) is 3.63. The van der Waals surface area contributed by atoms with Crippen LogP contribution in [0.1, 0.15) is 49.2 Å². The van der Waals surface area contributed by atoms with Gasteiger partial charge in [-0.1, -0.05) is 11.6 Å². The molecule has 4 rings (SSSR count). The Morgan fingerprint density at radius 2 is 1.86 bits per heavy atom. The smallest absolute Gasteiger partial charge is 0.404 e. The average Bonchev–Trinajstić information content (AvgIpc) is 2.94. The van der Waals surface area contributed by atoms with Crippen LogP contribution in [0.4, 0.5) is 10.5 Å². The highest BCUT2D eigenvalue weighted by molar-refractivity contribution is 6.06. The van der Waals surface area contributed by atoms with Crippen molar-refractivity contribution in [3.05, 3.63) is 69.1 Å². The van der Waals surface area contributed by atoms with E-state index in [1.165, 1.54) is 37.4 Å². The largest absolute Gasteiger partial charge is 0.508 e. The molecule has 1 aromatic heterocycles. The highest BCUT2D eigenvalue weighted by Gasteiger charge is 2.53. The molecule has 6 N–H and O–H groups in total. The molecule has 0 spiro atoms. The minimum atomic E-state index is -1.52. The van der Waals surface area contributed by atoms with E-state index >= 15 is 0 Å².